The minimum absolute atomic E-state index is 0.0378. The molecule has 6 nitrogen and oxygen atoms in total. The second kappa shape index (κ2) is 10.6. The molecule has 0 saturated carbocycles. The second-order valence-corrected chi connectivity index (χ2v) is 8.10. The first-order valence-electron chi connectivity index (χ1n) is 11.3. The molecule has 0 fully saturated rings. The standard InChI is InChI=1S/C29H26N2O4/c1-3-33-29(32)26-25(24(17-30)28(31)35-27(26)22-10-5-4-6-11-22)21-12-14-23(15-13-21)34-18-20-9-7-8-19(2)16-20/h4-16,25H,3,18,31H2,1-2H3. The molecular formula is C29H26N2O4. The maximum absolute atomic E-state index is 13.1. The minimum Gasteiger partial charge on any atom is -0.489 e. The summed E-state index contributed by atoms with van der Waals surface area (Å²) in [6.45, 7) is 4.39. The van der Waals surface area contributed by atoms with Gasteiger partial charge in [-0.15, -0.1) is 0 Å². The van der Waals surface area contributed by atoms with Gasteiger partial charge in [0.2, 0.25) is 5.88 Å². The van der Waals surface area contributed by atoms with E-state index in [9.17, 15) is 10.1 Å². The minimum atomic E-state index is -0.742. The van der Waals surface area contributed by atoms with Crippen LogP contribution in [0.25, 0.3) is 5.76 Å². The number of nitriles is 1. The maximum Gasteiger partial charge on any atom is 0.338 e. The Morgan fingerprint density at radius 2 is 1.80 bits per heavy atom. The molecule has 6 heteroatoms. The number of hydrogen-bond donors (Lipinski definition) is 1. The van der Waals surface area contributed by atoms with E-state index in [1.165, 1.54) is 5.56 Å². The van der Waals surface area contributed by atoms with Crippen molar-refractivity contribution in [2.24, 2.45) is 5.73 Å². The molecule has 0 radical (unpaired) electrons. The summed E-state index contributed by atoms with van der Waals surface area (Å²) in [6, 6.07) is 26.7. The lowest BCUT2D eigenvalue weighted by atomic mass is 9.82. The van der Waals surface area contributed by atoms with Crippen LogP contribution in [0, 0.1) is 18.3 Å². The van der Waals surface area contributed by atoms with Gasteiger partial charge >= 0.3 is 5.97 Å². The van der Waals surface area contributed by atoms with Crippen LogP contribution in [-0.4, -0.2) is 12.6 Å². The Balaban J connectivity index is 1.71. The fraction of sp³-hybridized carbons (Fsp3) is 0.172. The largest absolute Gasteiger partial charge is 0.489 e. The number of ether oxygens (including phenoxy) is 3. The summed E-state index contributed by atoms with van der Waals surface area (Å²) in [5.74, 6) is -0.387. The molecule has 0 amide bonds. The first-order valence-corrected chi connectivity index (χ1v) is 11.3. The van der Waals surface area contributed by atoms with Gasteiger partial charge in [0.1, 0.15) is 29.8 Å². The highest BCUT2D eigenvalue weighted by Crippen LogP contribution is 2.43. The predicted molar refractivity (Wildman–Crippen MR) is 133 cm³/mol. The summed E-state index contributed by atoms with van der Waals surface area (Å²) >= 11 is 0. The molecule has 1 atom stereocenters. The van der Waals surface area contributed by atoms with E-state index in [1.54, 1.807) is 6.92 Å². The van der Waals surface area contributed by atoms with E-state index in [-0.39, 0.29) is 29.4 Å². The van der Waals surface area contributed by atoms with Gasteiger partial charge in [-0.2, -0.15) is 5.26 Å². The first kappa shape index (κ1) is 23.7. The van der Waals surface area contributed by atoms with Gasteiger partial charge in [-0.1, -0.05) is 72.3 Å². The Bertz CT molecular complexity index is 1320. The van der Waals surface area contributed by atoms with Crippen LogP contribution in [0.15, 0.2) is 95.9 Å². The van der Waals surface area contributed by atoms with Crippen molar-refractivity contribution in [2.45, 2.75) is 26.4 Å². The quantitative estimate of drug-likeness (QED) is 0.471. The van der Waals surface area contributed by atoms with Gasteiger partial charge in [0.05, 0.1) is 18.1 Å². The Morgan fingerprint density at radius 1 is 1.06 bits per heavy atom. The number of carbonyl (C=O) groups is 1. The van der Waals surface area contributed by atoms with E-state index >= 15 is 0 Å². The van der Waals surface area contributed by atoms with Crippen molar-refractivity contribution < 1.29 is 19.0 Å². The highest BCUT2D eigenvalue weighted by molar-refractivity contribution is 5.99. The van der Waals surface area contributed by atoms with Gasteiger partial charge < -0.3 is 19.9 Å². The summed E-state index contributed by atoms with van der Waals surface area (Å²) in [6.07, 6.45) is 0. The lowest BCUT2D eigenvalue weighted by Gasteiger charge is -2.28. The predicted octanol–water partition coefficient (Wildman–Crippen LogP) is 5.36. The molecule has 3 aromatic carbocycles. The summed E-state index contributed by atoms with van der Waals surface area (Å²) in [7, 11) is 0. The molecule has 1 aliphatic rings. The van der Waals surface area contributed by atoms with Gasteiger partial charge in [-0.25, -0.2) is 4.79 Å². The highest BCUT2D eigenvalue weighted by Gasteiger charge is 2.38. The normalized spacial score (nSPS) is 15.3. The molecule has 4 rings (SSSR count). The van der Waals surface area contributed by atoms with Crippen LogP contribution in [0.1, 0.15) is 35.1 Å². The number of allylic oxidation sites excluding steroid dienone is 1. The Morgan fingerprint density at radius 3 is 2.46 bits per heavy atom. The number of benzene rings is 3. The average molecular weight is 467 g/mol. The number of carbonyl (C=O) groups excluding carboxylic acids is 1. The van der Waals surface area contributed by atoms with Crippen LogP contribution in [-0.2, 0) is 20.9 Å². The highest BCUT2D eigenvalue weighted by atomic mass is 16.5. The third-order valence-electron chi connectivity index (χ3n) is 5.65. The molecule has 1 unspecified atom stereocenters. The van der Waals surface area contributed by atoms with E-state index in [1.807, 2.05) is 79.7 Å². The molecule has 0 aliphatic carbocycles. The van der Waals surface area contributed by atoms with E-state index < -0.39 is 11.9 Å². The van der Waals surface area contributed by atoms with Crippen LogP contribution in [0.4, 0.5) is 0 Å². The van der Waals surface area contributed by atoms with Crippen LogP contribution < -0.4 is 10.5 Å². The Hall–Kier alpha value is -4.50. The van der Waals surface area contributed by atoms with Crippen LogP contribution in [0.3, 0.4) is 0 Å². The van der Waals surface area contributed by atoms with Crippen molar-refractivity contribution in [3.8, 4) is 11.8 Å². The molecule has 1 aliphatic heterocycles. The van der Waals surface area contributed by atoms with Gasteiger partial charge in [0.25, 0.3) is 0 Å². The molecule has 2 N–H and O–H groups in total. The smallest absolute Gasteiger partial charge is 0.338 e. The second-order valence-electron chi connectivity index (χ2n) is 8.10. The number of nitrogens with two attached hydrogens (primary N) is 1. The molecule has 0 spiro atoms. The number of nitrogens with zero attached hydrogens (tertiary/aromatic N) is 1. The molecule has 0 aromatic heterocycles. The third kappa shape index (κ3) is 5.20. The first-order chi connectivity index (χ1) is 17.0. The number of hydrogen-bond acceptors (Lipinski definition) is 6. The summed E-state index contributed by atoms with van der Waals surface area (Å²) < 4.78 is 17.1. The van der Waals surface area contributed by atoms with Gasteiger partial charge in [-0.3, -0.25) is 0 Å². The zero-order chi connectivity index (χ0) is 24.8. The monoisotopic (exact) mass is 466 g/mol. The molecule has 176 valence electrons. The molecule has 35 heavy (non-hydrogen) atoms. The van der Waals surface area contributed by atoms with Gasteiger partial charge in [-0.05, 0) is 37.1 Å². The van der Waals surface area contributed by atoms with Crippen molar-refractivity contribution in [1.82, 2.24) is 0 Å². The molecule has 3 aromatic rings. The van der Waals surface area contributed by atoms with Crippen LogP contribution in [0.5, 0.6) is 5.75 Å². The Labute approximate surface area is 204 Å². The zero-order valence-corrected chi connectivity index (χ0v) is 19.7. The van der Waals surface area contributed by atoms with E-state index in [0.29, 0.717) is 23.5 Å². The van der Waals surface area contributed by atoms with Gasteiger partial charge in [0, 0.05) is 5.56 Å². The van der Waals surface area contributed by atoms with Crippen molar-refractivity contribution in [1.29, 1.82) is 5.26 Å². The lowest BCUT2D eigenvalue weighted by Crippen LogP contribution is -2.25. The van der Waals surface area contributed by atoms with Crippen LogP contribution >= 0.6 is 0 Å². The summed E-state index contributed by atoms with van der Waals surface area (Å²) in [5, 5.41) is 9.90. The van der Waals surface area contributed by atoms with Crippen molar-refractivity contribution in [3.63, 3.8) is 0 Å². The third-order valence-corrected chi connectivity index (χ3v) is 5.65. The SMILES string of the molecule is CCOC(=O)C1=C(c2ccccc2)OC(N)=C(C#N)C1c1ccc(OCc2cccc(C)c2)cc1. The number of esters is 1. The van der Waals surface area contributed by atoms with Crippen molar-refractivity contribution in [3.05, 3.63) is 118 Å². The maximum atomic E-state index is 13.1. The van der Waals surface area contributed by atoms with Crippen molar-refractivity contribution >= 4 is 11.7 Å². The molecular weight excluding hydrogens is 440 g/mol. The fourth-order valence-electron chi connectivity index (χ4n) is 4.04. The zero-order valence-electron chi connectivity index (χ0n) is 19.7. The fourth-order valence-corrected chi connectivity index (χ4v) is 4.04. The number of aryl methyl sites for hydroxylation is 1. The van der Waals surface area contributed by atoms with Crippen molar-refractivity contribution in [2.75, 3.05) is 6.61 Å². The van der Waals surface area contributed by atoms with Gasteiger partial charge in [0.15, 0.2) is 0 Å². The van der Waals surface area contributed by atoms with E-state index in [2.05, 4.69) is 12.1 Å². The average Bonchev–Trinajstić information content (AvgIpc) is 2.88. The topological polar surface area (TPSA) is 94.6 Å². The summed E-state index contributed by atoms with van der Waals surface area (Å²) in [5.41, 5.74) is 10.2. The Kier molecular flexibility index (Phi) is 7.18. The molecule has 0 bridgehead atoms. The van der Waals surface area contributed by atoms with Crippen LogP contribution in [0.2, 0.25) is 0 Å². The molecule has 0 saturated heterocycles. The summed E-state index contributed by atoms with van der Waals surface area (Å²) in [4.78, 5) is 13.1. The molecule has 1 heterocycles. The van der Waals surface area contributed by atoms with E-state index in [4.69, 9.17) is 19.9 Å². The van der Waals surface area contributed by atoms with E-state index in [0.717, 1.165) is 5.56 Å². The lowest BCUT2D eigenvalue weighted by molar-refractivity contribution is -0.138. The number of rotatable bonds is 7.